The van der Waals surface area contributed by atoms with E-state index < -0.39 is 0 Å². The van der Waals surface area contributed by atoms with Gasteiger partial charge in [0.05, 0.1) is 24.4 Å². The predicted octanol–water partition coefficient (Wildman–Crippen LogP) is 3.50. The van der Waals surface area contributed by atoms with E-state index in [0.717, 1.165) is 25.7 Å². The average Bonchev–Trinajstić information content (AvgIpc) is 3.03. The maximum absolute atomic E-state index is 6.44. The molecule has 0 aromatic carbocycles. The zero-order valence-corrected chi connectivity index (χ0v) is 14.6. The molecule has 1 aliphatic carbocycles. The summed E-state index contributed by atoms with van der Waals surface area (Å²) in [4.78, 5) is 0. The van der Waals surface area contributed by atoms with Crippen molar-refractivity contribution >= 4 is 7.12 Å². The fraction of sp³-hybridized carbons (Fsp3) is 0.882. The van der Waals surface area contributed by atoms with Gasteiger partial charge < -0.3 is 18.8 Å². The Morgan fingerprint density at radius 1 is 1.18 bits per heavy atom. The van der Waals surface area contributed by atoms with Crippen molar-refractivity contribution in [2.75, 3.05) is 13.2 Å². The lowest BCUT2D eigenvalue weighted by Gasteiger charge is -2.41. The number of hydrogen-bond donors (Lipinski definition) is 0. The van der Waals surface area contributed by atoms with Crippen LogP contribution in [0.4, 0.5) is 0 Å². The summed E-state index contributed by atoms with van der Waals surface area (Å²) >= 11 is 0. The Morgan fingerprint density at radius 3 is 2.41 bits per heavy atom. The summed E-state index contributed by atoms with van der Waals surface area (Å²) in [6, 6.07) is 0. The Labute approximate surface area is 134 Å². The molecule has 2 atom stereocenters. The maximum atomic E-state index is 6.44. The van der Waals surface area contributed by atoms with Crippen LogP contribution in [0.15, 0.2) is 11.5 Å². The third kappa shape index (κ3) is 2.56. The van der Waals surface area contributed by atoms with Gasteiger partial charge in [0.1, 0.15) is 0 Å². The molecule has 2 unspecified atom stereocenters. The zero-order chi connectivity index (χ0) is 16.0. The molecule has 0 radical (unpaired) electrons. The van der Waals surface area contributed by atoms with Crippen LogP contribution >= 0.6 is 0 Å². The van der Waals surface area contributed by atoms with Crippen LogP contribution in [0.25, 0.3) is 0 Å². The highest BCUT2D eigenvalue weighted by Crippen LogP contribution is 2.46. The summed E-state index contributed by atoms with van der Waals surface area (Å²) in [5, 5.41) is 0. The summed E-state index contributed by atoms with van der Waals surface area (Å²) < 4.78 is 24.3. The first-order valence-electron chi connectivity index (χ1n) is 8.64. The van der Waals surface area contributed by atoms with Crippen LogP contribution in [0.3, 0.4) is 0 Å². The highest BCUT2D eigenvalue weighted by atomic mass is 16.7. The van der Waals surface area contributed by atoms with Gasteiger partial charge in [-0.25, -0.2) is 0 Å². The van der Waals surface area contributed by atoms with Crippen molar-refractivity contribution in [2.45, 2.75) is 77.3 Å². The number of ether oxygens (including phenoxy) is 2. The first-order chi connectivity index (χ1) is 10.3. The molecule has 0 N–H and O–H groups in total. The first-order valence-corrected chi connectivity index (χ1v) is 8.64. The summed E-state index contributed by atoms with van der Waals surface area (Å²) in [5.74, 6) is 0.0713. The second kappa shape index (κ2) is 5.62. The lowest BCUT2D eigenvalue weighted by atomic mass is 9.71. The molecule has 0 amide bonds. The minimum atomic E-state index is -0.377. The molecule has 0 saturated carbocycles. The van der Waals surface area contributed by atoms with Gasteiger partial charge in [-0.2, -0.15) is 0 Å². The van der Waals surface area contributed by atoms with Gasteiger partial charge in [-0.15, -0.1) is 0 Å². The van der Waals surface area contributed by atoms with Gasteiger partial charge in [0.15, 0.2) is 5.79 Å². The van der Waals surface area contributed by atoms with E-state index in [-0.39, 0.29) is 24.1 Å². The van der Waals surface area contributed by atoms with Crippen molar-refractivity contribution in [3.05, 3.63) is 11.5 Å². The predicted molar refractivity (Wildman–Crippen MR) is 86.4 cm³/mol. The normalized spacial score (nSPS) is 35.0. The minimum Gasteiger partial charge on any atom is -0.400 e. The highest BCUT2D eigenvalue weighted by molar-refractivity contribution is 6.54. The molecule has 2 saturated heterocycles. The van der Waals surface area contributed by atoms with Crippen LogP contribution in [-0.2, 0) is 18.8 Å². The van der Waals surface area contributed by atoms with Crippen LogP contribution < -0.4 is 0 Å². The second-order valence-electron chi connectivity index (χ2n) is 7.59. The lowest BCUT2D eigenvalue weighted by molar-refractivity contribution is -0.161. The van der Waals surface area contributed by atoms with E-state index in [0.29, 0.717) is 19.1 Å². The third-order valence-electron chi connectivity index (χ3n) is 6.09. The van der Waals surface area contributed by atoms with Crippen LogP contribution in [0.1, 0.15) is 60.3 Å². The Bertz CT molecular complexity index is 456. The van der Waals surface area contributed by atoms with Crippen molar-refractivity contribution in [3.8, 4) is 0 Å². The molecule has 0 aromatic heterocycles. The van der Waals surface area contributed by atoms with Crippen LogP contribution in [0.5, 0.6) is 0 Å². The van der Waals surface area contributed by atoms with E-state index in [1.54, 1.807) is 0 Å². The van der Waals surface area contributed by atoms with E-state index in [1.807, 2.05) is 0 Å². The minimum absolute atomic E-state index is 0.229. The first kappa shape index (κ1) is 16.5. The number of allylic oxidation sites excluding steroid dienone is 1. The summed E-state index contributed by atoms with van der Waals surface area (Å²) in [6.45, 7) is 12.4. The molecule has 2 heterocycles. The van der Waals surface area contributed by atoms with Crippen molar-refractivity contribution in [1.82, 2.24) is 0 Å². The average molecular weight is 308 g/mol. The van der Waals surface area contributed by atoms with Gasteiger partial charge in [-0.3, -0.25) is 0 Å². The van der Waals surface area contributed by atoms with Gasteiger partial charge in [0.2, 0.25) is 0 Å². The Hall–Kier alpha value is -0.355. The van der Waals surface area contributed by atoms with Crippen molar-refractivity contribution < 1.29 is 18.8 Å². The van der Waals surface area contributed by atoms with Gasteiger partial charge in [0.25, 0.3) is 0 Å². The quantitative estimate of drug-likeness (QED) is 0.748. The fourth-order valence-corrected chi connectivity index (χ4v) is 3.82. The van der Waals surface area contributed by atoms with Crippen LogP contribution in [0, 0.1) is 5.92 Å². The van der Waals surface area contributed by atoms with Gasteiger partial charge in [0, 0.05) is 12.8 Å². The number of rotatable bonds is 3. The smallest absolute Gasteiger partial charge is 0.400 e. The Morgan fingerprint density at radius 2 is 1.86 bits per heavy atom. The molecule has 2 fully saturated rings. The van der Waals surface area contributed by atoms with Crippen molar-refractivity contribution in [2.24, 2.45) is 5.92 Å². The van der Waals surface area contributed by atoms with Crippen molar-refractivity contribution in [3.63, 3.8) is 0 Å². The highest BCUT2D eigenvalue weighted by Gasteiger charge is 2.57. The van der Waals surface area contributed by atoms with E-state index >= 15 is 0 Å². The van der Waals surface area contributed by atoms with E-state index in [2.05, 4.69) is 40.7 Å². The largest absolute Gasteiger partial charge is 0.490 e. The molecule has 1 spiro atoms. The molecule has 3 rings (SSSR count). The van der Waals surface area contributed by atoms with Gasteiger partial charge in [-0.05, 0) is 38.6 Å². The van der Waals surface area contributed by atoms with Crippen molar-refractivity contribution in [1.29, 1.82) is 0 Å². The SMILES string of the molecule is CCC(C)C1(C)OB(C2=CCC3(CC2)OCCO3)OC1(C)C. The van der Waals surface area contributed by atoms with Gasteiger partial charge in [-0.1, -0.05) is 26.3 Å². The third-order valence-corrected chi connectivity index (χ3v) is 6.09. The van der Waals surface area contributed by atoms with Crippen LogP contribution in [-0.4, -0.2) is 37.3 Å². The fourth-order valence-electron chi connectivity index (χ4n) is 3.82. The molecular weight excluding hydrogens is 279 g/mol. The molecular formula is C17H29BO4. The summed E-state index contributed by atoms with van der Waals surface area (Å²) in [6.07, 6.45) is 5.89. The Kier molecular flexibility index (Phi) is 4.22. The van der Waals surface area contributed by atoms with E-state index in [9.17, 15) is 0 Å². The standard InChI is InChI=1S/C17H29BO4/c1-6-13(2)16(5)15(3,4)21-18(22-16)14-7-9-17(10-8-14)19-11-12-20-17/h7,13H,6,8-12H2,1-5H3. The van der Waals surface area contributed by atoms with Gasteiger partial charge >= 0.3 is 7.12 Å². The molecule has 5 heteroatoms. The molecule has 124 valence electrons. The zero-order valence-electron chi connectivity index (χ0n) is 14.6. The molecule has 3 aliphatic rings. The van der Waals surface area contributed by atoms with E-state index in [4.69, 9.17) is 18.8 Å². The molecule has 2 aliphatic heterocycles. The molecule has 4 nitrogen and oxygen atoms in total. The Balaban J connectivity index is 1.73. The number of hydrogen-bond acceptors (Lipinski definition) is 4. The summed E-state index contributed by atoms with van der Waals surface area (Å²) in [7, 11) is -0.229. The second-order valence-corrected chi connectivity index (χ2v) is 7.59. The monoisotopic (exact) mass is 308 g/mol. The molecule has 0 bridgehead atoms. The molecule has 22 heavy (non-hydrogen) atoms. The maximum Gasteiger partial charge on any atom is 0.490 e. The molecule has 0 aromatic rings. The lowest BCUT2D eigenvalue weighted by Crippen LogP contribution is -2.49. The topological polar surface area (TPSA) is 36.9 Å². The van der Waals surface area contributed by atoms with Crippen LogP contribution in [0.2, 0.25) is 0 Å². The van der Waals surface area contributed by atoms with E-state index in [1.165, 1.54) is 5.47 Å². The summed E-state index contributed by atoms with van der Waals surface area (Å²) in [5.41, 5.74) is 0.691.